The highest BCUT2D eigenvalue weighted by Gasteiger charge is 2.26. The van der Waals surface area contributed by atoms with Crippen molar-refractivity contribution < 1.29 is 14.3 Å². The highest BCUT2D eigenvalue weighted by molar-refractivity contribution is 6.05. The first-order valence-electron chi connectivity index (χ1n) is 6.70. The fourth-order valence-corrected chi connectivity index (χ4v) is 2.12. The van der Waals surface area contributed by atoms with Gasteiger partial charge in [-0.2, -0.15) is 0 Å². The van der Waals surface area contributed by atoms with Crippen LogP contribution in [0, 0.1) is 0 Å². The van der Waals surface area contributed by atoms with Gasteiger partial charge in [-0.3, -0.25) is 9.59 Å². The standard InChI is InChI=1S/C15H19NO3/c1-2-8-19-14-5-3-4-12(9-14)6-7-16-11-13(17)10-15(16)18/h3-5,9H,2,6-8,10-11H2,1H3. The highest BCUT2D eigenvalue weighted by atomic mass is 16.5. The second kappa shape index (κ2) is 6.36. The van der Waals surface area contributed by atoms with Gasteiger partial charge in [0.05, 0.1) is 19.6 Å². The van der Waals surface area contributed by atoms with Crippen LogP contribution >= 0.6 is 0 Å². The second-order valence-electron chi connectivity index (χ2n) is 4.78. The Hall–Kier alpha value is -1.84. The SMILES string of the molecule is CCCOc1cccc(CCN2CC(=O)CC2=O)c1. The molecule has 1 fully saturated rings. The van der Waals surface area contributed by atoms with Crippen molar-refractivity contribution in [3.05, 3.63) is 29.8 Å². The number of hydrogen-bond acceptors (Lipinski definition) is 3. The molecule has 1 aromatic rings. The summed E-state index contributed by atoms with van der Waals surface area (Å²) in [6.45, 7) is 3.65. The second-order valence-corrected chi connectivity index (χ2v) is 4.78. The summed E-state index contributed by atoms with van der Waals surface area (Å²) < 4.78 is 5.57. The van der Waals surface area contributed by atoms with E-state index in [1.165, 1.54) is 0 Å². The number of ether oxygens (including phenoxy) is 1. The summed E-state index contributed by atoms with van der Waals surface area (Å²) in [5.74, 6) is 0.830. The van der Waals surface area contributed by atoms with Gasteiger partial charge in [-0.1, -0.05) is 19.1 Å². The van der Waals surface area contributed by atoms with Crippen molar-refractivity contribution >= 4 is 11.7 Å². The summed E-state index contributed by atoms with van der Waals surface area (Å²) in [7, 11) is 0. The van der Waals surface area contributed by atoms with Gasteiger partial charge in [0.1, 0.15) is 5.75 Å². The van der Waals surface area contributed by atoms with E-state index in [0.29, 0.717) is 13.2 Å². The number of Topliss-reactive ketones (excluding diaryl/α,β-unsaturated/α-hetero) is 1. The van der Waals surface area contributed by atoms with Gasteiger partial charge < -0.3 is 9.64 Å². The third-order valence-corrected chi connectivity index (χ3v) is 3.11. The van der Waals surface area contributed by atoms with E-state index in [2.05, 4.69) is 6.92 Å². The van der Waals surface area contributed by atoms with E-state index in [9.17, 15) is 9.59 Å². The zero-order chi connectivity index (χ0) is 13.7. The average molecular weight is 261 g/mol. The predicted octanol–water partition coefficient (Wildman–Crippen LogP) is 1.82. The Bertz CT molecular complexity index is 470. The fourth-order valence-electron chi connectivity index (χ4n) is 2.12. The molecular formula is C15H19NO3. The summed E-state index contributed by atoms with van der Waals surface area (Å²) in [6, 6.07) is 7.90. The molecule has 0 saturated carbocycles. The van der Waals surface area contributed by atoms with E-state index in [4.69, 9.17) is 4.74 Å². The minimum absolute atomic E-state index is 0.0185. The Kier molecular flexibility index (Phi) is 4.55. The maximum absolute atomic E-state index is 11.5. The summed E-state index contributed by atoms with van der Waals surface area (Å²) in [6.07, 6.45) is 1.80. The van der Waals surface area contributed by atoms with Gasteiger partial charge in [0.25, 0.3) is 0 Å². The normalized spacial score (nSPS) is 15.1. The maximum atomic E-state index is 11.5. The number of amides is 1. The third-order valence-electron chi connectivity index (χ3n) is 3.11. The van der Waals surface area contributed by atoms with E-state index >= 15 is 0 Å². The van der Waals surface area contributed by atoms with Crippen LogP contribution in [0.4, 0.5) is 0 Å². The molecule has 1 aliphatic heterocycles. The van der Waals surface area contributed by atoms with Crippen LogP contribution in [-0.4, -0.2) is 36.3 Å². The van der Waals surface area contributed by atoms with E-state index < -0.39 is 0 Å². The number of ketones is 1. The van der Waals surface area contributed by atoms with E-state index in [-0.39, 0.29) is 24.7 Å². The van der Waals surface area contributed by atoms with Crippen LogP contribution in [0.1, 0.15) is 25.3 Å². The number of hydrogen-bond donors (Lipinski definition) is 0. The number of likely N-dealkylation sites (tertiary alicyclic amines) is 1. The Morgan fingerprint density at radius 3 is 2.84 bits per heavy atom. The predicted molar refractivity (Wildman–Crippen MR) is 72.1 cm³/mol. The summed E-state index contributed by atoms with van der Waals surface area (Å²) in [5, 5.41) is 0. The molecule has 0 N–H and O–H groups in total. The zero-order valence-corrected chi connectivity index (χ0v) is 11.2. The van der Waals surface area contributed by atoms with E-state index in [0.717, 1.165) is 24.2 Å². The first-order valence-corrected chi connectivity index (χ1v) is 6.70. The molecule has 4 heteroatoms. The monoisotopic (exact) mass is 261 g/mol. The molecule has 1 aromatic carbocycles. The molecule has 0 bridgehead atoms. The number of nitrogens with zero attached hydrogens (tertiary/aromatic N) is 1. The highest BCUT2D eigenvalue weighted by Crippen LogP contribution is 2.15. The van der Waals surface area contributed by atoms with Crippen molar-refractivity contribution in [2.75, 3.05) is 19.7 Å². The molecule has 102 valence electrons. The molecular weight excluding hydrogens is 242 g/mol. The van der Waals surface area contributed by atoms with Crippen LogP contribution < -0.4 is 4.74 Å². The van der Waals surface area contributed by atoms with Gasteiger partial charge in [0.15, 0.2) is 5.78 Å². The molecule has 0 aromatic heterocycles. The van der Waals surface area contributed by atoms with Crippen molar-refractivity contribution in [1.82, 2.24) is 4.90 Å². The molecule has 2 rings (SSSR count). The number of benzene rings is 1. The van der Waals surface area contributed by atoms with Crippen molar-refractivity contribution in [3.63, 3.8) is 0 Å². The topological polar surface area (TPSA) is 46.6 Å². The molecule has 1 amide bonds. The van der Waals surface area contributed by atoms with Crippen molar-refractivity contribution in [2.24, 2.45) is 0 Å². The first-order chi connectivity index (χ1) is 9.19. The van der Waals surface area contributed by atoms with Gasteiger partial charge in [0.2, 0.25) is 5.91 Å². The molecule has 0 atom stereocenters. The van der Waals surface area contributed by atoms with Crippen LogP contribution in [0.2, 0.25) is 0 Å². The Morgan fingerprint density at radius 1 is 1.32 bits per heavy atom. The first kappa shape index (κ1) is 13.6. The summed E-state index contributed by atoms with van der Waals surface area (Å²) >= 11 is 0. The molecule has 4 nitrogen and oxygen atoms in total. The van der Waals surface area contributed by atoms with Crippen molar-refractivity contribution in [2.45, 2.75) is 26.2 Å². The Balaban J connectivity index is 1.88. The fraction of sp³-hybridized carbons (Fsp3) is 0.467. The minimum Gasteiger partial charge on any atom is -0.494 e. The Labute approximate surface area is 113 Å². The number of carbonyl (C=O) groups is 2. The third kappa shape index (κ3) is 3.81. The summed E-state index contributed by atoms with van der Waals surface area (Å²) in [5.41, 5.74) is 1.13. The quantitative estimate of drug-likeness (QED) is 0.734. The largest absolute Gasteiger partial charge is 0.494 e. The van der Waals surface area contributed by atoms with Gasteiger partial charge in [-0.15, -0.1) is 0 Å². The van der Waals surface area contributed by atoms with Crippen LogP contribution in [-0.2, 0) is 16.0 Å². The van der Waals surface area contributed by atoms with Gasteiger partial charge in [-0.05, 0) is 30.5 Å². The minimum atomic E-state index is -0.0524. The molecule has 0 aliphatic carbocycles. The molecule has 0 radical (unpaired) electrons. The van der Waals surface area contributed by atoms with Gasteiger partial charge >= 0.3 is 0 Å². The molecule has 19 heavy (non-hydrogen) atoms. The molecule has 1 heterocycles. The smallest absolute Gasteiger partial charge is 0.230 e. The lowest BCUT2D eigenvalue weighted by Crippen LogP contribution is -2.27. The Morgan fingerprint density at radius 2 is 2.16 bits per heavy atom. The summed E-state index contributed by atoms with van der Waals surface area (Å²) in [4.78, 5) is 24.3. The maximum Gasteiger partial charge on any atom is 0.230 e. The van der Waals surface area contributed by atoms with Crippen LogP contribution in [0.15, 0.2) is 24.3 Å². The van der Waals surface area contributed by atoms with E-state index in [1.54, 1.807) is 4.90 Å². The van der Waals surface area contributed by atoms with Gasteiger partial charge in [0, 0.05) is 6.54 Å². The molecule has 0 spiro atoms. The van der Waals surface area contributed by atoms with Gasteiger partial charge in [-0.25, -0.2) is 0 Å². The lowest BCUT2D eigenvalue weighted by atomic mass is 10.1. The lowest BCUT2D eigenvalue weighted by Gasteiger charge is -2.14. The lowest BCUT2D eigenvalue weighted by molar-refractivity contribution is -0.127. The molecule has 1 aliphatic rings. The van der Waals surface area contributed by atoms with E-state index in [1.807, 2.05) is 24.3 Å². The van der Waals surface area contributed by atoms with Crippen molar-refractivity contribution in [3.8, 4) is 5.75 Å². The van der Waals surface area contributed by atoms with Crippen molar-refractivity contribution in [1.29, 1.82) is 0 Å². The number of carbonyl (C=O) groups excluding carboxylic acids is 2. The molecule has 1 saturated heterocycles. The number of rotatable bonds is 6. The molecule has 0 unspecified atom stereocenters. The van der Waals surface area contributed by atoms with Crippen LogP contribution in [0.25, 0.3) is 0 Å². The van der Waals surface area contributed by atoms with Crippen LogP contribution in [0.5, 0.6) is 5.75 Å². The van der Waals surface area contributed by atoms with Crippen LogP contribution in [0.3, 0.4) is 0 Å². The average Bonchev–Trinajstić information content (AvgIpc) is 2.73. The zero-order valence-electron chi connectivity index (χ0n) is 11.2.